The fourth-order valence-electron chi connectivity index (χ4n) is 3.33. The number of hydrogen-bond acceptors (Lipinski definition) is 4. The lowest BCUT2D eigenvalue weighted by molar-refractivity contribution is -0.130. The zero-order chi connectivity index (χ0) is 17.9. The first-order chi connectivity index (χ1) is 12.7. The minimum absolute atomic E-state index is 0.0142. The molecule has 1 atom stereocenters. The molecular formula is C19H24N4O3. The molecule has 2 heterocycles. The number of hydrogen-bond donors (Lipinski definition) is 2. The molecular weight excluding hydrogens is 332 g/mol. The number of imidazole rings is 1. The van der Waals surface area contributed by atoms with E-state index in [1.54, 1.807) is 0 Å². The number of amides is 2. The summed E-state index contributed by atoms with van der Waals surface area (Å²) in [5, 5.41) is 5.94. The van der Waals surface area contributed by atoms with Crippen molar-refractivity contribution in [3.05, 3.63) is 30.1 Å². The molecule has 2 aliphatic rings. The van der Waals surface area contributed by atoms with E-state index in [1.807, 2.05) is 28.8 Å². The normalized spacial score (nSPS) is 19.6. The fourth-order valence-corrected chi connectivity index (χ4v) is 3.33. The predicted molar refractivity (Wildman–Crippen MR) is 96.6 cm³/mol. The van der Waals surface area contributed by atoms with Gasteiger partial charge in [-0.1, -0.05) is 12.1 Å². The summed E-state index contributed by atoms with van der Waals surface area (Å²) in [6, 6.07) is 8.14. The van der Waals surface area contributed by atoms with Crippen molar-refractivity contribution in [2.75, 3.05) is 13.2 Å². The first-order valence-corrected chi connectivity index (χ1v) is 9.33. The van der Waals surface area contributed by atoms with Crippen molar-refractivity contribution in [2.24, 2.45) is 0 Å². The quantitative estimate of drug-likeness (QED) is 0.779. The van der Waals surface area contributed by atoms with Crippen LogP contribution in [0.2, 0.25) is 0 Å². The van der Waals surface area contributed by atoms with E-state index in [1.165, 1.54) is 0 Å². The van der Waals surface area contributed by atoms with Gasteiger partial charge in [-0.3, -0.25) is 9.59 Å². The first-order valence-electron chi connectivity index (χ1n) is 9.33. The second-order valence-corrected chi connectivity index (χ2v) is 6.99. The Bertz CT molecular complexity index is 806. The Morgan fingerprint density at radius 1 is 1.23 bits per heavy atom. The maximum atomic E-state index is 12.3. The number of carbonyl (C=O) groups excluding carboxylic acids is 2. The Kier molecular flexibility index (Phi) is 4.88. The van der Waals surface area contributed by atoms with Crippen LogP contribution in [-0.4, -0.2) is 46.7 Å². The number of nitrogens with zero attached hydrogens (tertiary/aromatic N) is 2. The summed E-state index contributed by atoms with van der Waals surface area (Å²) >= 11 is 0. The highest BCUT2D eigenvalue weighted by atomic mass is 16.5. The maximum Gasteiger partial charge on any atom is 0.249 e. The number of fused-ring (bicyclic) bond motifs is 1. The molecule has 1 aliphatic heterocycles. The van der Waals surface area contributed by atoms with Gasteiger partial charge < -0.3 is 19.9 Å². The van der Waals surface area contributed by atoms with Gasteiger partial charge in [0.05, 0.1) is 11.0 Å². The summed E-state index contributed by atoms with van der Waals surface area (Å²) in [6.45, 7) is 1.39. The Labute approximate surface area is 152 Å². The zero-order valence-corrected chi connectivity index (χ0v) is 14.7. The van der Waals surface area contributed by atoms with E-state index < -0.39 is 0 Å². The molecule has 0 radical (unpaired) electrons. The van der Waals surface area contributed by atoms with E-state index >= 15 is 0 Å². The van der Waals surface area contributed by atoms with Gasteiger partial charge in [0.25, 0.3) is 0 Å². The van der Waals surface area contributed by atoms with Crippen LogP contribution >= 0.6 is 0 Å². The van der Waals surface area contributed by atoms with Crippen molar-refractivity contribution in [3.8, 4) is 0 Å². The Morgan fingerprint density at radius 3 is 2.85 bits per heavy atom. The summed E-state index contributed by atoms with van der Waals surface area (Å²) < 4.78 is 7.35. The minimum atomic E-state index is -0.321. The molecule has 138 valence electrons. The Balaban J connectivity index is 1.43. The van der Waals surface area contributed by atoms with E-state index in [4.69, 9.17) is 4.74 Å². The highest BCUT2D eigenvalue weighted by Crippen LogP contribution is 2.20. The van der Waals surface area contributed by atoms with Crippen LogP contribution in [0.3, 0.4) is 0 Å². The van der Waals surface area contributed by atoms with Crippen molar-refractivity contribution < 1.29 is 14.3 Å². The van der Waals surface area contributed by atoms with E-state index in [0.717, 1.165) is 42.5 Å². The third kappa shape index (κ3) is 3.88. The Hall–Kier alpha value is -2.41. The van der Waals surface area contributed by atoms with E-state index in [9.17, 15) is 9.59 Å². The lowest BCUT2D eigenvalue weighted by Crippen LogP contribution is -2.36. The third-order valence-corrected chi connectivity index (χ3v) is 4.85. The van der Waals surface area contributed by atoms with E-state index in [0.29, 0.717) is 25.6 Å². The molecule has 26 heavy (non-hydrogen) atoms. The zero-order valence-electron chi connectivity index (χ0n) is 14.7. The van der Waals surface area contributed by atoms with Crippen LogP contribution in [0.1, 0.15) is 31.5 Å². The molecule has 2 aromatic rings. The van der Waals surface area contributed by atoms with Gasteiger partial charge >= 0.3 is 0 Å². The summed E-state index contributed by atoms with van der Waals surface area (Å²) in [7, 11) is 0. The molecule has 2 N–H and O–H groups in total. The average molecular weight is 356 g/mol. The highest BCUT2D eigenvalue weighted by Gasteiger charge is 2.25. The van der Waals surface area contributed by atoms with Crippen molar-refractivity contribution >= 4 is 22.8 Å². The van der Waals surface area contributed by atoms with Gasteiger partial charge in [-0.2, -0.15) is 0 Å². The van der Waals surface area contributed by atoms with Crippen LogP contribution in [0.5, 0.6) is 0 Å². The average Bonchev–Trinajstić information content (AvgIpc) is 3.16. The molecule has 2 amide bonds. The number of carbonyl (C=O) groups is 2. The van der Waals surface area contributed by atoms with Crippen LogP contribution in [0.15, 0.2) is 24.3 Å². The van der Waals surface area contributed by atoms with Crippen molar-refractivity contribution in [1.29, 1.82) is 0 Å². The second kappa shape index (κ2) is 7.45. The van der Waals surface area contributed by atoms with Crippen molar-refractivity contribution in [1.82, 2.24) is 20.2 Å². The summed E-state index contributed by atoms with van der Waals surface area (Å²) in [5.41, 5.74) is 1.81. The van der Waals surface area contributed by atoms with Crippen LogP contribution in [0.25, 0.3) is 11.0 Å². The molecule has 0 spiro atoms. The van der Waals surface area contributed by atoms with E-state index in [-0.39, 0.29) is 24.5 Å². The van der Waals surface area contributed by atoms with Crippen molar-refractivity contribution in [2.45, 2.75) is 50.8 Å². The van der Waals surface area contributed by atoms with Gasteiger partial charge in [0.15, 0.2) is 0 Å². The summed E-state index contributed by atoms with van der Waals surface area (Å²) in [4.78, 5) is 29.0. The van der Waals surface area contributed by atoms with Crippen LogP contribution in [-0.2, 0) is 27.3 Å². The fraction of sp³-hybridized carbons (Fsp3) is 0.526. The molecule has 1 saturated heterocycles. The minimum Gasteiger partial charge on any atom is -0.368 e. The van der Waals surface area contributed by atoms with Gasteiger partial charge in [0, 0.05) is 25.6 Å². The molecule has 1 aromatic heterocycles. The summed E-state index contributed by atoms with van der Waals surface area (Å²) in [6.07, 6.45) is 4.11. The van der Waals surface area contributed by atoms with E-state index in [2.05, 4.69) is 15.6 Å². The smallest absolute Gasteiger partial charge is 0.249 e. The van der Waals surface area contributed by atoms with Crippen LogP contribution < -0.4 is 10.6 Å². The number of aromatic nitrogens is 2. The van der Waals surface area contributed by atoms with Gasteiger partial charge in [-0.15, -0.1) is 0 Å². The topological polar surface area (TPSA) is 85.2 Å². The van der Waals surface area contributed by atoms with Gasteiger partial charge in [0.1, 0.15) is 18.5 Å². The van der Waals surface area contributed by atoms with Gasteiger partial charge in [-0.05, 0) is 37.8 Å². The number of para-hydroxylation sites is 2. The van der Waals surface area contributed by atoms with Crippen LogP contribution in [0.4, 0.5) is 0 Å². The molecule has 7 nitrogen and oxygen atoms in total. The lowest BCUT2D eigenvalue weighted by atomic mass is 10.2. The first kappa shape index (κ1) is 17.0. The van der Waals surface area contributed by atoms with Gasteiger partial charge in [0.2, 0.25) is 11.8 Å². The molecule has 0 bridgehead atoms. The SMILES string of the molecule is O=C(Cn1c(CCNC(=O)C2CCCO2)nc2ccccc21)NC1CC1. The Morgan fingerprint density at radius 2 is 2.08 bits per heavy atom. The molecule has 2 fully saturated rings. The van der Waals surface area contributed by atoms with Crippen LogP contribution in [0, 0.1) is 0 Å². The summed E-state index contributed by atoms with van der Waals surface area (Å²) in [5.74, 6) is 0.765. The maximum absolute atomic E-state index is 12.3. The molecule has 1 aromatic carbocycles. The predicted octanol–water partition coefficient (Wildman–Crippen LogP) is 1.15. The lowest BCUT2D eigenvalue weighted by Gasteiger charge is -2.12. The largest absolute Gasteiger partial charge is 0.368 e. The monoisotopic (exact) mass is 356 g/mol. The molecule has 1 aliphatic carbocycles. The molecule has 4 rings (SSSR count). The number of benzene rings is 1. The van der Waals surface area contributed by atoms with Crippen molar-refractivity contribution in [3.63, 3.8) is 0 Å². The highest BCUT2D eigenvalue weighted by molar-refractivity contribution is 5.82. The number of rotatable bonds is 7. The van der Waals surface area contributed by atoms with Gasteiger partial charge in [-0.25, -0.2) is 4.98 Å². The molecule has 1 unspecified atom stereocenters. The number of ether oxygens (including phenoxy) is 1. The second-order valence-electron chi connectivity index (χ2n) is 6.99. The number of nitrogens with one attached hydrogen (secondary N) is 2. The molecule has 7 heteroatoms. The standard InChI is InChI=1S/C19H24N4O3/c24-18(21-13-7-8-13)12-23-15-5-2-1-4-14(15)22-17(23)9-10-20-19(25)16-6-3-11-26-16/h1-2,4-5,13,16H,3,6-12H2,(H,20,25)(H,21,24). The molecule has 1 saturated carbocycles. The third-order valence-electron chi connectivity index (χ3n) is 4.85.